The van der Waals surface area contributed by atoms with Crippen LogP contribution in [0.25, 0.3) is 6.08 Å². The minimum absolute atomic E-state index is 0.0911. The molecule has 1 aliphatic heterocycles. The van der Waals surface area contributed by atoms with Gasteiger partial charge >= 0.3 is 0 Å². The third-order valence-electron chi connectivity index (χ3n) is 4.70. The maximum atomic E-state index is 13.1. The molecule has 0 spiro atoms. The molecule has 27 heavy (non-hydrogen) atoms. The second-order valence-electron chi connectivity index (χ2n) is 6.39. The fourth-order valence-corrected chi connectivity index (χ4v) is 5.70. The number of hydrogen-bond acceptors (Lipinski definition) is 5. The van der Waals surface area contributed by atoms with E-state index in [2.05, 4.69) is 5.10 Å². The Kier molecular flexibility index (Phi) is 5.83. The number of rotatable bonds is 5. The Morgan fingerprint density at radius 3 is 2.52 bits per heavy atom. The van der Waals surface area contributed by atoms with E-state index in [9.17, 15) is 13.2 Å². The smallest absolute Gasteiger partial charge is 0.246 e. The molecule has 0 radical (unpaired) electrons. The summed E-state index contributed by atoms with van der Waals surface area (Å²) in [7, 11) is -3.61. The number of thiophene rings is 1. The zero-order valence-electron chi connectivity index (χ0n) is 15.8. The fraction of sp³-hybridized carbons (Fsp3) is 0.444. The van der Waals surface area contributed by atoms with Crippen molar-refractivity contribution in [3.05, 3.63) is 39.9 Å². The lowest BCUT2D eigenvalue weighted by molar-refractivity contribution is -0.127. The van der Waals surface area contributed by atoms with Gasteiger partial charge in [-0.1, -0.05) is 6.07 Å². The SMILES string of the molecule is CCn1nc(C)c(S(=O)(=O)N2CCN(C(=O)C=Cc3cccs3)CC2)c1C. The number of aromatic nitrogens is 2. The van der Waals surface area contributed by atoms with Crippen molar-refractivity contribution < 1.29 is 13.2 Å². The minimum Gasteiger partial charge on any atom is -0.337 e. The summed E-state index contributed by atoms with van der Waals surface area (Å²) in [5.41, 5.74) is 1.18. The van der Waals surface area contributed by atoms with Crippen molar-refractivity contribution in [2.24, 2.45) is 0 Å². The second-order valence-corrected chi connectivity index (χ2v) is 9.25. The number of aryl methyl sites for hydroxylation is 2. The van der Waals surface area contributed by atoms with Crippen LogP contribution in [0.3, 0.4) is 0 Å². The predicted octanol–water partition coefficient (Wildman–Crippen LogP) is 2.13. The first kappa shape index (κ1) is 19.8. The van der Waals surface area contributed by atoms with Gasteiger partial charge in [0.25, 0.3) is 0 Å². The highest BCUT2D eigenvalue weighted by molar-refractivity contribution is 7.89. The molecule has 0 unspecified atom stereocenters. The summed E-state index contributed by atoms with van der Waals surface area (Å²) in [6.45, 7) is 7.41. The number of sulfonamides is 1. The monoisotopic (exact) mass is 408 g/mol. The van der Waals surface area contributed by atoms with E-state index < -0.39 is 10.0 Å². The van der Waals surface area contributed by atoms with Crippen LogP contribution in [0.2, 0.25) is 0 Å². The third-order valence-corrected chi connectivity index (χ3v) is 7.69. The molecule has 2 aromatic rings. The normalized spacial score (nSPS) is 16.3. The van der Waals surface area contributed by atoms with E-state index in [1.54, 1.807) is 46.9 Å². The molecule has 1 amide bonds. The summed E-state index contributed by atoms with van der Waals surface area (Å²) in [5.74, 6) is -0.0911. The molecular weight excluding hydrogens is 384 g/mol. The summed E-state index contributed by atoms with van der Waals surface area (Å²) in [6, 6.07) is 3.88. The minimum atomic E-state index is -3.61. The van der Waals surface area contributed by atoms with Gasteiger partial charge in [0.15, 0.2) is 0 Å². The lowest BCUT2D eigenvalue weighted by Gasteiger charge is -2.33. The molecule has 0 aliphatic carbocycles. The Morgan fingerprint density at radius 2 is 1.96 bits per heavy atom. The highest BCUT2D eigenvalue weighted by Crippen LogP contribution is 2.24. The molecule has 9 heteroatoms. The van der Waals surface area contributed by atoms with E-state index in [4.69, 9.17) is 0 Å². The van der Waals surface area contributed by atoms with Gasteiger partial charge in [-0.15, -0.1) is 11.3 Å². The average Bonchev–Trinajstić information content (AvgIpc) is 3.27. The largest absolute Gasteiger partial charge is 0.337 e. The van der Waals surface area contributed by atoms with Crippen LogP contribution in [0.4, 0.5) is 0 Å². The van der Waals surface area contributed by atoms with Crippen molar-refractivity contribution in [1.29, 1.82) is 0 Å². The van der Waals surface area contributed by atoms with E-state index >= 15 is 0 Å². The number of carbonyl (C=O) groups is 1. The topological polar surface area (TPSA) is 75.5 Å². The van der Waals surface area contributed by atoms with Gasteiger partial charge in [-0.25, -0.2) is 8.42 Å². The molecule has 1 aliphatic rings. The Labute approximate surface area is 163 Å². The van der Waals surface area contributed by atoms with Crippen LogP contribution in [0.15, 0.2) is 28.5 Å². The number of nitrogens with zero attached hydrogens (tertiary/aromatic N) is 4. The van der Waals surface area contributed by atoms with E-state index in [-0.39, 0.29) is 19.0 Å². The van der Waals surface area contributed by atoms with Crippen molar-refractivity contribution in [3.63, 3.8) is 0 Å². The molecule has 3 rings (SSSR count). The lowest BCUT2D eigenvalue weighted by atomic mass is 10.3. The molecule has 0 bridgehead atoms. The molecule has 0 saturated carbocycles. The number of piperazine rings is 1. The molecule has 1 saturated heterocycles. The lowest BCUT2D eigenvalue weighted by Crippen LogP contribution is -2.50. The van der Waals surface area contributed by atoms with Gasteiger partial charge in [-0.2, -0.15) is 9.40 Å². The first-order valence-electron chi connectivity index (χ1n) is 8.89. The molecule has 7 nitrogen and oxygen atoms in total. The third kappa shape index (κ3) is 3.99. The first-order chi connectivity index (χ1) is 12.8. The Morgan fingerprint density at radius 1 is 1.26 bits per heavy atom. The van der Waals surface area contributed by atoms with Gasteiger partial charge in [0.05, 0.1) is 11.4 Å². The zero-order valence-corrected chi connectivity index (χ0v) is 17.4. The van der Waals surface area contributed by atoms with Crippen molar-refractivity contribution in [1.82, 2.24) is 19.0 Å². The standard InChI is InChI=1S/C18H24N4O3S2/c1-4-22-15(3)18(14(2)19-22)27(24,25)21-11-9-20(10-12-21)17(23)8-7-16-6-5-13-26-16/h5-8,13H,4,9-12H2,1-3H3. The van der Waals surface area contributed by atoms with Gasteiger partial charge in [0, 0.05) is 43.7 Å². The predicted molar refractivity (Wildman–Crippen MR) is 106 cm³/mol. The van der Waals surface area contributed by atoms with Gasteiger partial charge in [-0.3, -0.25) is 9.48 Å². The summed E-state index contributed by atoms with van der Waals surface area (Å²) in [4.78, 5) is 15.3. The molecule has 0 N–H and O–H groups in total. The summed E-state index contributed by atoms with van der Waals surface area (Å²) >= 11 is 1.57. The Balaban J connectivity index is 1.68. The van der Waals surface area contributed by atoms with Crippen molar-refractivity contribution in [2.75, 3.05) is 26.2 Å². The summed E-state index contributed by atoms with van der Waals surface area (Å²) in [6.07, 6.45) is 3.34. The quantitative estimate of drug-likeness (QED) is 0.711. The average molecular weight is 409 g/mol. The van der Waals surface area contributed by atoms with Gasteiger partial charge in [0.1, 0.15) is 4.90 Å². The van der Waals surface area contributed by atoms with Crippen LogP contribution in [0.5, 0.6) is 0 Å². The Hall–Kier alpha value is -1.97. The molecule has 2 aromatic heterocycles. The van der Waals surface area contributed by atoms with Gasteiger partial charge < -0.3 is 4.90 Å². The second kappa shape index (κ2) is 7.95. The molecule has 0 atom stereocenters. The van der Waals surface area contributed by atoms with E-state index in [0.29, 0.717) is 35.9 Å². The van der Waals surface area contributed by atoms with Crippen LogP contribution in [-0.4, -0.2) is 59.5 Å². The van der Waals surface area contributed by atoms with Crippen LogP contribution < -0.4 is 0 Å². The number of amides is 1. The molecule has 1 fully saturated rings. The highest BCUT2D eigenvalue weighted by Gasteiger charge is 2.33. The van der Waals surface area contributed by atoms with Crippen LogP contribution in [0, 0.1) is 13.8 Å². The fourth-order valence-electron chi connectivity index (χ4n) is 3.28. The first-order valence-corrected chi connectivity index (χ1v) is 11.2. The highest BCUT2D eigenvalue weighted by atomic mass is 32.2. The van der Waals surface area contributed by atoms with Crippen LogP contribution in [0.1, 0.15) is 23.2 Å². The summed E-state index contributed by atoms with van der Waals surface area (Å²) < 4.78 is 29.3. The zero-order chi connectivity index (χ0) is 19.6. The number of hydrogen-bond donors (Lipinski definition) is 0. The maximum absolute atomic E-state index is 13.1. The van der Waals surface area contributed by atoms with Crippen molar-refractivity contribution in [2.45, 2.75) is 32.2 Å². The van der Waals surface area contributed by atoms with E-state index in [1.807, 2.05) is 24.4 Å². The van der Waals surface area contributed by atoms with Gasteiger partial charge in [-0.05, 0) is 38.3 Å². The van der Waals surface area contributed by atoms with Crippen LogP contribution >= 0.6 is 11.3 Å². The Bertz CT molecular complexity index is 938. The maximum Gasteiger partial charge on any atom is 0.246 e. The molecule has 3 heterocycles. The van der Waals surface area contributed by atoms with Gasteiger partial charge in [0.2, 0.25) is 15.9 Å². The molecule has 146 valence electrons. The van der Waals surface area contributed by atoms with Crippen LogP contribution in [-0.2, 0) is 21.4 Å². The van der Waals surface area contributed by atoms with Crippen molar-refractivity contribution >= 4 is 33.3 Å². The summed E-state index contributed by atoms with van der Waals surface area (Å²) in [5, 5.41) is 6.28. The van der Waals surface area contributed by atoms with Crippen molar-refractivity contribution in [3.8, 4) is 0 Å². The number of carbonyl (C=O) groups excluding carboxylic acids is 1. The van der Waals surface area contributed by atoms with E-state index in [0.717, 1.165) is 4.88 Å². The molecular formula is C18H24N4O3S2. The molecule has 0 aromatic carbocycles. The van der Waals surface area contributed by atoms with E-state index in [1.165, 1.54) is 4.31 Å².